The maximum absolute atomic E-state index is 9.16. The molecule has 0 bridgehead atoms. The molecule has 0 radical (unpaired) electrons. The molecule has 0 saturated carbocycles. The first-order valence-corrected chi connectivity index (χ1v) is 6.21. The molecule has 88 valence electrons. The molecular weight excluding hydrogens is 246 g/mol. The summed E-state index contributed by atoms with van der Waals surface area (Å²) in [5.41, 5.74) is 4.69. The molecule has 0 aliphatic heterocycles. The highest BCUT2D eigenvalue weighted by Crippen LogP contribution is 2.35. The fourth-order valence-corrected chi connectivity index (χ4v) is 2.73. The Morgan fingerprint density at radius 2 is 1.89 bits per heavy atom. The van der Waals surface area contributed by atoms with E-state index in [1.165, 1.54) is 5.56 Å². The Balaban J connectivity index is 2.28. The van der Waals surface area contributed by atoms with Gasteiger partial charge in [0.25, 0.3) is 0 Å². The van der Waals surface area contributed by atoms with Crippen molar-refractivity contribution in [2.45, 2.75) is 19.3 Å². The van der Waals surface area contributed by atoms with Crippen LogP contribution in [0.1, 0.15) is 23.1 Å². The molecule has 0 unspecified atom stereocenters. The van der Waals surface area contributed by atoms with Gasteiger partial charge in [-0.05, 0) is 42.5 Å². The Bertz CT molecular complexity index is 644. The highest BCUT2D eigenvalue weighted by molar-refractivity contribution is 6.30. The highest BCUT2D eigenvalue weighted by atomic mass is 35.5. The summed E-state index contributed by atoms with van der Waals surface area (Å²) in [7, 11) is 0. The fourth-order valence-electron chi connectivity index (χ4n) is 2.49. The van der Waals surface area contributed by atoms with Crippen LogP contribution in [0.25, 0.3) is 11.3 Å². The van der Waals surface area contributed by atoms with Crippen LogP contribution in [0.15, 0.2) is 24.5 Å². The fraction of sp³-hybridized carbons (Fsp3) is 0.214. The largest absolute Gasteiger partial charge is 0.265 e. The zero-order chi connectivity index (χ0) is 12.5. The van der Waals surface area contributed by atoms with Gasteiger partial charge in [0, 0.05) is 18.0 Å². The maximum Gasteiger partial charge on any atom is 0.147 e. The first-order chi connectivity index (χ1) is 8.81. The first kappa shape index (κ1) is 11.2. The molecule has 2 aromatic heterocycles. The van der Waals surface area contributed by atoms with Gasteiger partial charge in [-0.15, -0.1) is 0 Å². The van der Waals surface area contributed by atoms with Crippen molar-refractivity contribution in [1.82, 2.24) is 9.97 Å². The minimum absolute atomic E-state index is 0.310. The summed E-state index contributed by atoms with van der Waals surface area (Å²) < 4.78 is 0. The number of aromatic nitrogens is 2. The van der Waals surface area contributed by atoms with Gasteiger partial charge in [0.05, 0.1) is 11.3 Å². The average Bonchev–Trinajstić information content (AvgIpc) is 2.88. The van der Waals surface area contributed by atoms with Crippen LogP contribution < -0.4 is 0 Å². The van der Waals surface area contributed by atoms with Crippen LogP contribution in [0.3, 0.4) is 0 Å². The number of pyridine rings is 2. The molecule has 2 heterocycles. The summed E-state index contributed by atoms with van der Waals surface area (Å²) in [6.45, 7) is 0. The number of nitriles is 1. The number of hydrogen-bond acceptors (Lipinski definition) is 3. The van der Waals surface area contributed by atoms with E-state index in [1.54, 1.807) is 12.4 Å². The van der Waals surface area contributed by atoms with E-state index in [-0.39, 0.29) is 0 Å². The van der Waals surface area contributed by atoms with Crippen molar-refractivity contribution >= 4 is 11.6 Å². The zero-order valence-electron chi connectivity index (χ0n) is 9.65. The summed E-state index contributed by atoms with van der Waals surface area (Å²) in [4.78, 5) is 8.41. The maximum atomic E-state index is 9.16. The second-order valence-corrected chi connectivity index (χ2v) is 4.64. The van der Waals surface area contributed by atoms with Gasteiger partial charge < -0.3 is 0 Å². The molecule has 1 aliphatic carbocycles. The van der Waals surface area contributed by atoms with Crippen LogP contribution in [0.2, 0.25) is 5.15 Å². The molecule has 3 nitrogen and oxygen atoms in total. The number of nitrogens with zero attached hydrogens (tertiary/aromatic N) is 3. The molecule has 0 fully saturated rings. The van der Waals surface area contributed by atoms with E-state index in [4.69, 9.17) is 16.9 Å². The lowest BCUT2D eigenvalue weighted by Crippen LogP contribution is -1.98. The highest BCUT2D eigenvalue weighted by Gasteiger charge is 2.23. The lowest BCUT2D eigenvalue weighted by molar-refractivity contribution is 0.911. The van der Waals surface area contributed by atoms with E-state index in [0.717, 1.165) is 36.1 Å². The van der Waals surface area contributed by atoms with Crippen LogP contribution in [0.5, 0.6) is 0 Å². The minimum atomic E-state index is 0.310. The standard InChI is InChI=1S/C14H10ClN3/c15-14-12(8-16)10-2-1-3-11(10)13(18-14)9-4-6-17-7-5-9/h4-7H,1-3H2. The van der Waals surface area contributed by atoms with Gasteiger partial charge in [0.1, 0.15) is 11.2 Å². The first-order valence-electron chi connectivity index (χ1n) is 5.83. The molecule has 18 heavy (non-hydrogen) atoms. The predicted molar refractivity (Wildman–Crippen MR) is 69.2 cm³/mol. The molecule has 1 aliphatic rings. The quantitative estimate of drug-likeness (QED) is 0.736. The van der Waals surface area contributed by atoms with E-state index in [1.807, 2.05) is 12.1 Å². The summed E-state index contributed by atoms with van der Waals surface area (Å²) in [5, 5.41) is 9.47. The van der Waals surface area contributed by atoms with Gasteiger partial charge in [-0.25, -0.2) is 4.98 Å². The average molecular weight is 256 g/mol. The molecule has 4 heteroatoms. The van der Waals surface area contributed by atoms with Gasteiger partial charge >= 0.3 is 0 Å². The Hall–Kier alpha value is -1.92. The molecule has 2 aromatic rings. The number of hydrogen-bond donors (Lipinski definition) is 0. The third-order valence-corrected chi connectivity index (χ3v) is 3.56. The van der Waals surface area contributed by atoms with Crippen LogP contribution in [-0.4, -0.2) is 9.97 Å². The van der Waals surface area contributed by atoms with Crippen molar-refractivity contribution in [3.8, 4) is 17.3 Å². The Morgan fingerprint density at radius 1 is 1.17 bits per heavy atom. The lowest BCUT2D eigenvalue weighted by Gasteiger charge is -2.10. The van der Waals surface area contributed by atoms with E-state index < -0.39 is 0 Å². The lowest BCUT2D eigenvalue weighted by atomic mass is 10.0. The number of fused-ring (bicyclic) bond motifs is 1. The van der Waals surface area contributed by atoms with Crippen LogP contribution >= 0.6 is 11.6 Å². The van der Waals surface area contributed by atoms with Gasteiger partial charge in [0.15, 0.2) is 0 Å². The molecule has 0 N–H and O–H groups in total. The molecular formula is C14H10ClN3. The topological polar surface area (TPSA) is 49.6 Å². The Morgan fingerprint density at radius 3 is 2.61 bits per heavy atom. The number of rotatable bonds is 1. The van der Waals surface area contributed by atoms with E-state index in [2.05, 4.69) is 16.0 Å². The summed E-state index contributed by atoms with van der Waals surface area (Å²) in [6.07, 6.45) is 6.42. The third-order valence-electron chi connectivity index (χ3n) is 3.29. The van der Waals surface area contributed by atoms with Crippen LogP contribution in [0.4, 0.5) is 0 Å². The molecule has 0 saturated heterocycles. The van der Waals surface area contributed by atoms with E-state index in [0.29, 0.717) is 10.7 Å². The van der Waals surface area contributed by atoms with Crippen molar-refractivity contribution in [3.05, 3.63) is 46.4 Å². The zero-order valence-corrected chi connectivity index (χ0v) is 10.4. The van der Waals surface area contributed by atoms with Crippen molar-refractivity contribution in [2.75, 3.05) is 0 Å². The van der Waals surface area contributed by atoms with Crippen LogP contribution in [0, 0.1) is 11.3 Å². The van der Waals surface area contributed by atoms with Crippen LogP contribution in [-0.2, 0) is 12.8 Å². The second-order valence-electron chi connectivity index (χ2n) is 4.28. The van der Waals surface area contributed by atoms with Crippen molar-refractivity contribution in [2.24, 2.45) is 0 Å². The molecule has 0 aromatic carbocycles. The van der Waals surface area contributed by atoms with Crippen molar-refractivity contribution < 1.29 is 0 Å². The molecule has 0 atom stereocenters. The van der Waals surface area contributed by atoms with Crippen molar-refractivity contribution in [3.63, 3.8) is 0 Å². The minimum Gasteiger partial charge on any atom is -0.265 e. The summed E-state index contributed by atoms with van der Waals surface area (Å²) in [5.74, 6) is 0. The summed E-state index contributed by atoms with van der Waals surface area (Å²) in [6, 6.07) is 6.01. The van der Waals surface area contributed by atoms with Gasteiger partial charge in [0.2, 0.25) is 0 Å². The third kappa shape index (κ3) is 1.66. The number of halogens is 1. The van der Waals surface area contributed by atoms with Crippen molar-refractivity contribution in [1.29, 1.82) is 5.26 Å². The predicted octanol–water partition coefficient (Wildman–Crippen LogP) is 3.16. The van der Waals surface area contributed by atoms with E-state index in [9.17, 15) is 0 Å². The Labute approximate surface area is 110 Å². The molecule has 0 spiro atoms. The smallest absolute Gasteiger partial charge is 0.147 e. The van der Waals surface area contributed by atoms with Gasteiger partial charge in [-0.1, -0.05) is 11.6 Å². The normalized spacial score (nSPS) is 13.1. The Kier molecular flexibility index (Phi) is 2.73. The van der Waals surface area contributed by atoms with Gasteiger partial charge in [-0.2, -0.15) is 5.26 Å². The molecule has 0 amide bonds. The second kappa shape index (κ2) is 4.40. The SMILES string of the molecule is N#Cc1c(Cl)nc(-c2ccncc2)c2c1CCC2. The molecule has 3 rings (SSSR count). The van der Waals surface area contributed by atoms with Gasteiger partial charge in [-0.3, -0.25) is 4.98 Å². The summed E-state index contributed by atoms with van der Waals surface area (Å²) >= 11 is 6.11. The monoisotopic (exact) mass is 255 g/mol. The van der Waals surface area contributed by atoms with E-state index >= 15 is 0 Å².